The standard InChI is InChI=1S/C19H25Cl2N5O3/c1-4-5-8-26-17(22)16(18(28)24-19(26)29)25(3)10-15(27)23-11(2)13-7-6-12(20)9-14(13)21/h6-7,9,11H,4-5,8,10,22H2,1-3H3,(H,23,27)(H,24,28,29). The second kappa shape index (κ2) is 9.84. The summed E-state index contributed by atoms with van der Waals surface area (Å²) in [5, 5.41) is 3.78. The number of nitrogens with one attached hydrogen (secondary N) is 2. The van der Waals surface area contributed by atoms with Gasteiger partial charge in [0, 0.05) is 23.6 Å². The number of hydrogen-bond donors (Lipinski definition) is 3. The minimum absolute atomic E-state index is 0.0382. The Balaban J connectivity index is 2.17. The average molecular weight is 442 g/mol. The highest BCUT2D eigenvalue weighted by atomic mass is 35.5. The monoisotopic (exact) mass is 441 g/mol. The third-order valence-electron chi connectivity index (χ3n) is 4.52. The van der Waals surface area contributed by atoms with Gasteiger partial charge >= 0.3 is 5.69 Å². The van der Waals surface area contributed by atoms with Gasteiger partial charge in [0.15, 0.2) is 0 Å². The number of carbonyl (C=O) groups is 1. The predicted molar refractivity (Wildman–Crippen MR) is 117 cm³/mol. The summed E-state index contributed by atoms with van der Waals surface area (Å²) in [6.45, 7) is 4.03. The van der Waals surface area contributed by atoms with Crippen molar-refractivity contribution in [2.45, 2.75) is 39.3 Å². The normalized spacial score (nSPS) is 11.9. The Bertz CT molecular complexity index is 1000. The van der Waals surface area contributed by atoms with Gasteiger partial charge in [0.1, 0.15) is 11.5 Å². The van der Waals surface area contributed by atoms with Gasteiger partial charge in [-0.15, -0.1) is 0 Å². The van der Waals surface area contributed by atoms with Crippen LogP contribution in [0.4, 0.5) is 11.5 Å². The molecule has 2 rings (SSSR count). The number of anilines is 2. The van der Waals surface area contributed by atoms with Gasteiger partial charge in [-0.2, -0.15) is 0 Å². The van der Waals surface area contributed by atoms with Crippen LogP contribution in [0.3, 0.4) is 0 Å². The molecular weight excluding hydrogens is 417 g/mol. The Hall–Kier alpha value is -2.45. The molecule has 1 aromatic carbocycles. The Morgan fingerprint density at radius 2 is 2.03 bits per heavy atom. The highest BCUT2D eigenvalue weighted by Gasteiger charge is 2.19. The molecule has 29 heavy (non-hydrogen) atoms. The molecule has 8 nitrogen and oxygen atoms in total. The first-order valence-corrected chi connectivity index (χ1v) is 9.99. The topological polar surface area (TPSA) is 113 Å². The van der Waals surface area contributed by atoms with Crippen LogP contribution in [0.5, 0.6) is 0 Å². The van der Waals surface area contributed by atoms with E-state index in [4.69, 9.17) is 28.9 Å². The Morgan fingerprint density at radius 1 is 1.34 bits per heavy atom. The third-order valence-corrected chi connectivity index (χ3v) is 5.08. The van der Waals surface area contributed by atoms with Gasteiger partial charge < -0.3 is 16.0 Å². The lowest BCUT2D eigenvalue weighted by atomic mass is 10.1. The van der Waals surface area contributed by atoms with E-state index in [-0.39, 0.29) is 30.0 Å². The molecule has 0 saturated heterocycles. The van der Waals surface area contributed by atoms with Crippen molar-refractivity contribution in [1.82, 2.24) is 14.9 Å². The van der Waals surface area contributed by atoms with Crippen LogP contribution < -0.4 is 27.2 Å². The van der Waals surface area contributed by atoms with Crippen LogP contribution in [0.25, 0.3) is 0 Å². The van der Waals surface area contributed by atoms with E-state index in [2.05, 4.69) is 10.3 Å². The zero-order valence-corrected chi connectivity index (χ0v) is 18.1. The maximum absolute atomic E-state index is 12.5. The molecule has 158 valence electrons. The van der Waals surface area contributed by atoms with Crippen LogP contribution >= 0.6 is 23.2 Å². The van der Waals surface area contributed by atoms with Gasteiger partial charge in [-0.3, -0.25) is 19.1 Å². The van der Waals surface area contributed by atoms with Crippen LogP contribution in [0.1, 0.15) is 38.3 Å². The maximum Gasteiger partial charge on any atom is 0.330 e. The number of aromatic nitrogens is 2. The average Bonchev–Trinajstić information content (AvgIpc) is 2.60. The zero-order valence-electron chi connectivity index (χ0n) is 16.6. The van der Waals surface area contributed by atoms with Crippen LogP contribution in [0.2, 0.25) is 10.0 Å². The van der Waals surface area contributed by atoms with E-state index in [0.29, 0.717) is 16.6 Å². The summed E-state index contributed by atoms with van der Waals surface area (Å²) in [4.78, 5) is 40.5. The molecule has 0 aliphatic heterocycles. The predicted octanol–water partition coefficient (Wildman–Crippen LogP) is 2.54. The third kappa shape index (κ3) is 5.55. The fourth-order valence-corrected chi connectivity index (χ4v) is 3.57. The minimum atomic E-state index is -0.635. The number of benzene rings is 1. The molecule has 0 radical (unpaired) electrons. The quantitative estimate of drug-likeness (QED) is 0.582. The molecule has 0 fully saturated rings. The number of hydrogen-bond acceptors (Lipinski definition) is 5. The lowest BCUT2D eigenvalue weighted by Gasteiger charge is -2.23. The van der Waals surface area contributed by atoms with Crippen molar-refractivity contribution in [3.05, 3.63) is 54.6 Å². The lowest BCUT2D eigenvalue weighted by Crippen LogP contribution is -2.41. The molecule has 2 aromatic rings. The fraction of sp³-hybridized carbons (Fsp3) is 0.421. The summed E-state index contributed by atoms with van der Waals surface area (Å²) in [7, 11) is 1.56. The number of aromatic amines is 1. The van der Waals surface area contributed by atoms with E-state index in [1.807, 2.05) is 6.92 Å². The summed E-state index contributed by atoms with van der Waals surface area (Å²) >= 11 is 12.1. The van der Waals surface area contributed by atoms with Crippen molar-refractivity contribution in [2.75, 3.05) is 24.2 Å². The van der Waals surface area contributed by atoms with Crippen molar-refractivity contribution in [1.29, 1.82) is 0 Å². The Labute approximate surface area is 178 Å². The highest BCUT2D eigenvalue weighted by molar-refractivity contribution is 6.35. The number of carbonyl (C=O) groups excluding carboxylic acids is 1. The van der Waals surface area contributed by atoms with Crippen LogP contribution in [0.15, 0.2) is 27.8 Å². The molecule has 0 saturated carbocycles. The molecule has 1 unspecified atom stereocenters. The number of H-pyrrole nitrogens is 1. The second-order valence-corrected chi connectivity index (χ2v) is 7.65. The first kappa shape index (κ1) is 22.8. The van der Waals surface area contributed by atoms with Crippen molar-refractivity contribution >= 4 is 40.6 Å². The molecule has 1 atom stereocenters. The molecule has 1 amide bonds. The molecule has 0 bridgehead atoms. The number of halogens is 2. The van der Waals surface area contributed by atoms with Gasteiger partial charge in [-0.1, -0.05) is 42.6 Å². The summed E-state index contributed by atoms with van der Waals surface area (Å²) < 4.78 is 1.31. The zero-order chi connectivity index (χ0) is 21.7. The minimum Gasteiger partial charge on any atom is -0.383 e. The number of nitrogen functional groups attached to an aromatic ring is 1. The van der Waals surface area contributed by atoms with Gasteiger partial charge in [0.2, 0.25) is 5.91 Å². The van der Waals surface area contributed by atoms with E-state index in [1.54, 1.807) is 32.2 Å². The molecule has 0 spiro atoms. The number of nitrogens with zero attached hydrogens (tertiary/aromatic N) is 2. The van der Waals surface area contributed by atoms with Gasteiger partial charge in [0.25, 0.3) is 5.56 Å². The molecule has 0 aliphatic rings. The van der Waals surface area contributed by atoms with Crippen molar-refractivity contribution in [3.63, 3.8) is 0 Å². The number of nitrogens with two attached hydrogens (primary N) is 1. The maximum atomic E-state index is 12.5. The molecule has 10 heteroatoms. The van der Waals surface area contributed by atoms with Crippen LogP contribution in [-0.2, 0) is 11.3 Å². The second-order valence-electron chi connectivity index (χ2n) is 6.81. The smallest absolute Gasteiger partial charge is 0.330 e. The molecule has 1 heterocycles. The number of amides is 1. The Kier molecular flexibility index (Phi) is 7.75. The largest absolute Gasteiger partial charge is 0.383 e. The number of rotatable bonds is 8. The SMILES string of the molecule is CCCCn1c(N)c(N(C)CC(=O)NC(C)c2ccc(Cl)cc2Cl)c(=O)[nH]c1=O. The summed E-state index contributed by atoms with van der Waals surface area (Å²) in [6, 6.07) is 4.67. The first-order valence-electron chi connectivity index (χ1n) is 9.23. The van der Waals surface area contributed by atoms with Crippen molar-refractivity contribution in [2.24, 2.45) is 0 Å². The van der Waals surface area contributed by atoms with Crippen LogP contribution in [0, 0.1) is 0 Å². The highest BCUT2D eigenvalue weighted by Crippen LogP contribution is 2.26. The van der Waals surface area contributed by atoms with Crippen LogP contribution in [-0.4, -0.2) is 29.1 Å². The van der Waals surface area contributed by atoms with E-state index in [9.17, 15) is 14.4 Å². The molecule has 1 aromatic heterocycles. The van der Waals surface area contributed by atoms with Crippen molar-refractivity contribution in [3.8, 4) is 0 Å². The first-order chi connectivity index (χ1) is 13.6. The summed E-state index contributed by atoms with van der Waals surface area (Å²) in [6.07, 6.45) is 1.60. The van der Waals surface area contributed by atoms with Gasteiger partial charge in [-0.05, 0) is 31.0 Å². The number of likely N-dealkylation sites (N-methyl/N-ethyl adjacent to an activating group) is 1. The van der Waals surface area contributed by atoms with Crippen molar-refractivity contribution < 1.29 is 4.79 Å². The molecule has 0 aliphatic carbocycles. The van der Waals surface area contributed by atoms with E-state index >= 15 is 0 Å². The molecule has 4 N–H and O–H groups in total. The lowest BCUT2D eigenvalue weighted by molar-refractivity contribution is -0.120. The summed E-state index contributed by atoms with van der Waals surface area (Å²) in [5.41, 5.74) is 5.67. The van der Waals surface area contributed by atoms with Gasteiger partial charge in [-0.25, -0.2) is 4.79 Å². The summed E-state index contributed by atoms with van der Waals surface area (Å²) in [5.74, 6) is -0.299. The number of unbranched alkanes of at least 4 members (excludes halogenated alkanes) is 1. The van der Waals surface area contributed by atoms with Gasteiger partial charge in [0.05, 0.1) is 12.6 Å². The Morgan fingerprint density at radius 3 is 2.66 bits per heavy atom. The fourth-order valence-electron chi connectivity index (χ4n) is 3.00. The van der Waals surface area contributed by atoms with E-state index in [0.717, 1.165) is 18.4 Å². The van der Waals surface area contributed by atoms with E-state index < -0.39 is 11.2 Å². The molecular formula is C19H25Cl2N5O3. The van der Waals surface area contributed by atoms with E-state index in [1.165, 1.54) is 9.47 Å².